The Hall–Kier alpha value is -1.41. The first-order valence-corrected chi connectivity index (χ1v) is 6.04. The van der Waals surface area contributed by atoms with Gasteiger partial charge < -0.3 is 4.74 Å². The van der Waals surface area contributed by atoms with Crippen molar-refractivity contribution in [3.05, 3.63) is 11.4 Å². The number of primary sulfonamides is 1. The molecule has 0 aromatic carbocycles. The van der Waals surface area contributed by atoms with Crippen molar-refractivity contribution in [1.29, 1.82) is 0 Å². The summed E-state index contributed by atoms with van der Waals surface area (Å²) in [6.07, 6.45) is 0.358. The highest BCUT2D eigenvalue weighted by Crippen LogP contribution is 2.19. The highest BCUT2D eigenvalue weighted by Gasteiger charge is 2.29. The Bertz CT molecular complexity index is 518. The first kappa shape index (κ1) is 12.7. The summed E-state index contributed by atoms with van der Waals surface area (Å²) in [6, 6.07) is 0. The van der Waals surface area contributed by atoms with Gasteiger partial charge in [-0.05, 0) is 6.42 Å². The van der Waals surface area contributed by atoms with E-state index >= 15 is 0 Å². The van der Waals surface area contributed by atoms with E-state index in [0.717, 1.165) is 11.8 Å². The van der Waals surface area contributed by atoms with E-state index in [-0.39, 0.29) is 16.3 Å². The van der Waals surface area contributed by atoms with Crippen molar-refractivity contribution < 1.29 is 17.9 Å². The first-order chi connectivity index (χ1) is 7.32. The van der Waals surface area contributed by atoms with Crippen molar-refractivity contribution in [2.45, 2.75) is 18.2 Å². The van der Waals surface area contributed by atoms with E-state index in [9.17, 15) is 13.2 Å². The number of hydrogen-bond acceptors (Lipinski definition) is 5. The van der Waals surface area contributed by atoms with Crippen molar-refractivity contribution in [3.8, 4) is 0 Å². The molecule has 0 aliphatic heterocycles. The second kappa shape index (κ2) is 4.22. The first-order valence-electron chi connectivity index (χ1n) is 4.49. The molecule has 8 heteroatoms. The fourth-order valence-electron chi connectivity index (χ4n) is 1.41. The Morgan fingerprint density at radius 1 is 1.56 bits per heavy atom. The fourth-order valence-corrected chi connectivity index (χ4v) is 2.41. The average Bonchev–Trinajstić information content (AvgIpc) is 2.53. The molecule has 0 saturated heterocycles. The second-order valence-electron chi connectivity index (χ2n) is 3.14. The summed E-state index contributed by atoms with van der Waals surface area (Å²) in [5.41, 5.74) is 0.104. The summed E-state index contributed by atoms with van der Waals surface area (Å²) in [5.74, 6) is -0.779. The van der Waals surface area contributed by atoms with Crippen LogP contribution in [0.4, 0.5) is 0 Å². The molecule has 1 rings (SSSR count). The number of aryl methyl sites for hydroxylation is 2. The summed E-state index contributed by atoms with van der Waals surface area (Å²) < 4.78 is 28.4. The lowest BCUT2D eigenvalue weighted by atomic mass is 10.3. The Labute approximate surface area is 93.2 Å². The molecule has 1 aromatic heterocycles. The van der Waals surface area contributed by atoms with E-state index in [1.807, 2.05) is 0 Å². The Morgan fingerprint density at radius 3 is 2.50 bits per heavy atom. The van der Waals surface area contributed by atoms with Gasteiger partial charge in [0, 0.05) is 7.05 Å². The monoisotopic (exact) mass is 247 g/mol. The molecule has 0 saturated carbocycles. The normalized spacial score (nSPS) is 11.5. The van der Waals surface area contributed by atoms with Gasteiger partial charge in [0.15, 0.2) is 5.69 Å². The molecule has 7 nitrogen and oxygen atoms in total. The number of carbonyl (C=O) groups is 1. The van der Waals surface area contributed by atoms with E-state index in [1.165, 1.54) is 7.05 Å². The maximum atomic E-state index is 11.4. The number of sulfonamides is 1. The summed E-state index contributed by atoms with van der Waals surface area (Å²) in [7, 11) is -1.38. The molecule has 0 aliphatic rings. The Morgan fingerprint density at radius 2 is 2.12 bits per heavy atom. The van der Waals surface area contributed by atoms with Gasteiger partial charge in [-0.3, -0.25) is 4.68 Å². The molecule has 0 unspecified atom stereocenters. The van der Waals surface area contributed by atoms with Crippen LogP contribution in [0.15, 0.2) is 4.90 Å². The van der Waals surface area contributed by atoms with Crippen molar-refractivity contribution in [2.75, 3.05) is 7.11 Å². The summed E-state index contributed by atoms with van der Waals surface area (Å²) in [4.78, 5) is 11.2. The van der Waals surface area contributed by atoms with Gasteiger partial charge >= 0.3 is 5.97 Å². The van der Waals surface area contributed by atoms with Crippen LogP contribution < -0.4 is 5.14 Å². The predicted molar refractivity (Wildman–Crippen MR) is 55.3 cm³/mol. The zero-order chi connectivity index (χ0) is 12.5. The molecule has 0 atom stereocenters. The third-order valence-corrected chi connectivity index (χ3v) is 3.07. The number of ether oxygens (including phenoxy) is 1. The molecule has 0 bridgehead atoms. The van der Waals surface area contributed by atoms with Crippen LogP contribution in [-0.2, 0) is 28.2 Å². The van der Waals surface area contributed by atoms with E-state index < -0.39 is 16.0 Å². The number of aromatic nitrogens is 2. The number of methoxy groups -OCH3 is 1. The van der Waals surface area contributed by atoms with Gasteiger partial charge in [-0.15, -0.1) is 0 Å². The molecule has 2 N–H and O–H groups in total. The highest BCUT2D eigenvalue weighted by atomic mass is 32.2. The molecule has 0 radical (unpaired) electrons. The fraction of sp³-hybridized carbons (Fsp3) is 0.500. The number of hydrogen-bond donors (Lipinski definition) is 1. The molecule has 1 aromatic rings. The van der Waals surface area contributed by atoms with Gasteiger partial charge in [-0.25, -0.2) is 18.4 Å². The maximum Gasteiger partial charge on any atom is 0.357 e. The van der Waals surface area contributed by atoms with Gasteiger partial charge in [0.05, 0.1) is 12.8 Å². The SMILES string of the molecule is CCc1nn(C)c(C(=O)OC)c1S(N)(=O)=O. The molecule has 90 valence electrons. The van der Waals surface area contributed by atoms with Crippen molar-refractivity contribution in [1.82, 2.24) is 9.78 Å². The molecule has 1 heterocycles. The minimum absolute atomic E-state index is 0.151. The van der Waals surface area contributed by atoms with E-state index in [0.29, 0.717) is 6.42 Å². The van der Waals surface area contributed by atoms with E-state index in [2.05, 4.69) is 9.84 Å². The van der Waals surface area contributed by atoms with Crippen LogP contribution in [-0.4, -0.2) is 31.3 Å². The summed E-state index contributed by atoms with van der Waals surface area (Å²) >= 11 is 0. The van der Waals surface area contributed by atoms with Crippen LogP contribution in [0.3, 0.4) is 0 Å². The predicted octanol–water partition coefficient (Wildman–Crippen LogP) is -0.583. The van der Waals surface area contributed by atoms with E-state index in [4.69, 9.17) is 5.14 Å². The van der Waals surface area contributed by atoms with Crippen LogP contribution in [0.2, 0.25) is 0 Å². The van der Waals surface area contributed by atoms with Crippen molar-refractivity contribution in [3.63, 3.8) is 0 Å². The van der Waals surface area contributed by atoms with Gasteiger partial charge in [-0.2, -0.15) is 5.10 Å². The van der Waals surface area contributed by atoms with Crippen molar-refractivity contribution >= 4 is 16.0 Å². The van der Waals surface area contributed by atoms with Crippen LogP contribution in [0.25, 0.3) is 0 Å². The molecular weight excluding hydrogens is 234 g/mol. The van der Waals surface area contributed by atoms with Crippen molar-refractivity contribution in [2.24, 2.45) is 12.2 Å². The number of carbonyl (C=O) groups excluding carboxylic acids is 1. The third kappa shape index (κ3) is 2.07. The largest absolute Gasteiger partial charge is 0.464 e. The second-order valence-corrected chi connectivity index (χ2v) is 4.64. The summed E-state index contributed by atoms with van der Waals surface area (Å²) in [5, 5.41) is 8.97. The molecule has 16 heavy (non-hydrogen) atoms. The highest BCUT2D eigenvalue weighted by molar-refractivity contribution is 7.89. The lowest BCUT2D eigenvalue weighted by Gasteiger charge is -2.02. The average molecular weight is 247 g/mol. The molecule has 0 fully saturated rings. The minimum Gasteiger partial charge on any atom is -0.464 e. The van der Waals surface area contributed by atoms with Crippen LogP contribution in [0.1, 0.15) is 23.1 Å². The lowest BCUT2D eigenvalue weighted by Crippen LogP contribution is -2.19. The van der Waals surface area contributed by atoms with E-state index in [1.54, 1.807) is 6.92 Å². The van der Waals surface area contributed by atoms with Gasteiger partial charge in [-0.1, -0.05) is 6.92 Å². The zero-order valence-corrected chi connectivity index (χ0v) is 10.0. The third-order valence-electron chi connectivity index (χ3n) is 2.07. The molecule has 0 amide bonds. The topological polar surface area (TPSA) is 104 Å². The van der Waals surface area contributed by atoms with Gasteiger partial charge in [0.2, 0.25) is 10.0 Å². The number of nitrogens with two attached hydrogens (primary N) is 1. The quantitative estimate of drug-likeness (QED) is 0.719. The molecular formula is C8H13N3O4S. The molecule has 0 spiro atoms. The Kier molecular flexibility index (Phi) is 3.34. The molecule has 0 aliphatic carbocycles. The van der Waals surface area contributed by atoms with Gasteiger partial charge in [0.1, 0.15) is 4.90 Å². The van der Waals surface area contributed by atoms with Gasteiger partial charge in [0.25, 0.3) is 0 Å². The van der Waals surface area contributed by atoms with Crippen LogP contribution >= 0.6 is 0 Å². The lowest BCUT2D eigenvalue weighted by molar-refractivity contribution is 0.0583. The minimum atomic E-state index is -3.99. The standard InChI is InChI=1S/C8H13N3O4S/c1-4-5-7(16(9,13)14)6(8(12)15-3)11(2)10-5/h4H2,1-3H3,(H2,9,13,14). The Balaban J connectivity index is 3.60. The zero-order valence-electron chi connectivity index (χ0n) is 9.22. The number of rotatable bonds is 3. The van der Waals surface area contributed by atoms with Crippen LogP contribution in [0, 0.1) is 0 Å². The summed E-state index contributed by atoms with van der Waals surface area (Å²) in [6.45, 7) is 1.72. The van der Waals surface area contributed by atoms with Crippen LogP contribution in [0.5, 0.6) is 0 Å². The maximum absolute atomic E-state index is 11.4. The smallest absolute Gasteiger partial charge is 0.357 e. The number of esters is 1. The number of nitrogens with zero attached hydrogens (tertiary/aromatic N) is 2.